The summed E-state index contributed by atoms with van der Waals surface area (Å²) in [6, 6.07) is 26.0. The molecule has 1 N–H and O–H groups in total. The van der Waals surface area contributed by atoms with Gasteiger partial charge in [0.2, 0.25) is 0 Å². The molecule has 0 aliphatic heterocycles. The van der Waals surface area contributed by atoms with E-state index < -0.39 is 0 Å². The molecule has 3 aromatic carbocycles. The topological polar surface area (TPSA) is 65.4 Å². The van der Waals surface area contributed by atoms with E-state index in [1.807, 2.05) is 61.5 Å². The third-order valence-electron chi connectivity index (χ3n) is 4.49. The number of nitrogens with one attached hydrogen (secondary N) is 1. The van der Waals surface area contributed by atoms with E-state index in [0.29, 0.717) is 17.8 Å². The van der Waals surface area contributed by atoms with Crippen LogP contribution in [0.1, 0.15) is 18.1 Å². The number of anilines is 2. The third kappa shape index (κ3) is 5.49. The highest BCUT2D eigenvalue weighted by atomic mass is 16.5. The Balaban J connectivity index is 1.87. The molecule has 0 heterocycles. The minimum Gasteiger partial charge on any atom is -0.497 e. The van der Waals surface area contributed by atoms with Crippen LogP contribution in [-0.2, 0) is 0 Å². The van der Waals surface area contributed by atoms with E-state index in [4.69, 9.17) is 10.00 Å². The first kappa shape index (κ1) is 20.7. The third-order valence-corrected chi connectivity index (χ3v) is 4.49. The maximum atomic E-state index is 13.1. The fourth-order valence-corrected chi connectivity index (χ4v) is 3.03. The largest absolute Gasteiger partial charge is 0.497 e. The predicted molar refractivity (Wildman–Crippen MR) is 121 cm³/mol. The van der Waals surface area contributed by atoms with E-state index >= 15 is 0 Å². The molecule has 0 fully saturated rings. The van der Waals surface area contributed by atoms with Crippen molar-refractivity contribution in [1.82, 2.24) is 0 Å². The quantitative estimate of drug-likeness (QED) is 0.579. The van der Waals surface area contributed by atoms with Crippen LogP contribution in [0.4, 0.5) is 16.2 Å². The summed E-state index contributed by atoms with van der Waals surface area (Å²) in [6.45, 7) is 2.40. The summed E-state index contributed by atoms with van der Waals surface area (Å²) < 4.78 is 5.23. The van der Waals surface area contributed by atoms with Crippen molar-refractivity contribution in [1.29, 1.82) is 5.26 Å². The maximum absolute atomic E-state index is 13.1. The number of carbonyl (C=O) groups excluding carboxylic acids is 1. The zero-order valence-electron chi connectivity index (χ0n) is 17.0. The first-order valence-corrected chi connectivity index (χ1v) is 9.54. The smallest absolute Gasteiger partial charge is 0.326 e. The fraction of sp³-hybridized carbons (Fsp3) is 0.120. The number of urea groups is 1. The standard InChI is InChI=1S/C25H23N3O2/c1-19(15-20-7-4-3-5-8-20)18-28(23-11-13-24(30-2)14-12-23)25(29)27-22-10-6-9-21(16-22)17-26/h3-16H,18H2,1-2H3,(H,27,29)/b19-15+. The van der Waals surface area contributed by atoms with Crippen LogP contribution in [0.3, 0.4) is 0 Å². The Bertz CT molecular complexity index is 1070. The van der Waals surface area contributed by atoms with Gasteiger partial charge in [-0.3, -0.25) is 4.90 Å². The Morgan fingerprint density at radius 3 is 2.47 bits per heavy atom. The van der Waals surface area contributed by atoms with E-state index in [9.17, 15) is 4.79 Å². The Labute approximate surface area is 176 Å². The second-order valence-electron chi connectivity index (χ2n) is 6.81. The molecule has 0 saturated heterocycles. The van der Waals surface area contributed by atoms with Gasteiger partial charge in [-0.2, -0.15) is 5.26 Å². The summed E-state index contributed by atoms with van der Waals surface area (Å²) in [5.74, 6) is 0.720. The number of ether oxygens (including phenoxy) is 1. The highest BCUT2D eigenvalue weighted by Crippen LogP contribution is 2.22. The van der Waals surface area contributed by atoms with Gasteiger partial charge in [0.05, 0.1) is 18.7 Å². The van der Waals surface area contributed by atoms with Gasteiger partial charge in [0, 0.05) is 17.9 Å². The fourth-order valence-electron chi connectivity index (χ4n) is 3.03. The number of nitriles is 1. The Kier molecular flexibility index (Phi) is 6.86. The molecule has 0 spiro atoms. The zero-order chi connectivity index (χ0) is 21.3. The van der Waals surface area contributed by atoms with Crippen LogP contribution in [0.2, 0.25) is 0 Å². The van der Waals surface area contributed by atoms with Crippen molar-refractivity contribution >= 4 is 23.5 Å². The molecule has 0 aliphatic carbocycles. The number of rotatable bonds is 6. The zero-order valence-corrected chi connectivity index (χ0v) is 17.0. The van der Waals surface area contributed by atoms with Gasteiger partial charge in [-0.15, -0.1) is 0 Å². The van der Waals surface area contributed by atoms with E-state index in [-0.39, 0.29) is 6.03 Å². The number of carbonyl (C=O) groups is 1. The molecular weight excluding hydrogens is 374 g/mol. The molecule has 30 heavy (non-hydrogen) atoms. The summed E-state index contributed by atoms with van der Waals surface area (Å²) in [5, 5.41) is 12.0. The molecular formula is C25H23N3O2. The van der Waals surface area contributed by atoms with Gasteiger partial charge in [-0.25, -0.2) is 4.79 Å². The van der Waals surface area contributed by atoms with Gasteiger partial charge >= 0.3 is 6.03 Å². The van der Waals surface area contributed by atoms with Crippen molar-refractivity contribution in [3.8, 4) is 11.8 Å². The summed E-state index contributed by atoms with van der Waals surface area (Å²) >= 11 is 0. The van der Waals surface area contributed by atoms with Gasteiger partial charge in [0.1, 0.15) is 5.75 Å². The molecule has 150 valence electrons. The Morgan fingerprint density at radius 1 is 1.07 bits per heavy atom. The van der Waals surface area contributed by atoms with E-state index in [1.165, 1.54) is 0 Å². The Hall–Kier alpha value is -4.04. The molecule has 5 nitrogen and oxygen atoms in total. The molecule has 0 saturated carbocycles. The number of hydrogen-bond donors (Lipinski definition) is 1. The van der Waals surface area contributed by atoms with Gasteiger partial charge in [0.25, 0.3) is 0 Å². The van der Waals surface area contributed by atoms with Crippen molar-refractivity contribution in [2.75, 3.05) is 23.9 Å². The number of hydrogen-bond acceptors (Lipinski definition) is 3. The van der Waals surface area contributed by atoms with E-state index in [2.05, 4.69) is 17.5 Å². The van der Waals surface area contributed by atoms with Crippen LogP contribution < -0.4 is 15.0 Å². The molecule has 0 aliphatic rings. The first-order valence-electron chi connectivity index (χ1n) is 9.54. The highest BCUT2D eigenvalue weighted by Gasteiger charge is 2.17. The van der Waals surface area contributed by atoms with Gasteiger partial charge in [0.15, 0.2) is 0 Å². The van der Waals surface area contributed by atoms with Crippen molar-refractivity contribution in [2.45, 2.75) is 6.92 Å². The minimum absolute atomic E-state index is 0.281. The van der Waals surface area contributed by atoms with Gasteiger partial charge in [-0.05, 0) is 55.0 Å². The average molecular weight is 397 g/mol. The predicted octanol–water partition coefficient (Wildman–Crippen LogP) is 5.71. The van der Waals surface area contributed by atoms with E-state index in [0.717, 1.165) is 22.6 Å². The number of nitrogens with zero attached hydrogens (tertiary/aromatic N) is 2. The molecule has 3 aromatic rings. The van der Waals surface area contributed by atoms with Crippen LogP contribution in [0, 0.1) is 11.3 Å². The van der Waals surface area contributed by atoms with Crippen LogP contribution in [-0.4, -0.2) is 19.7 Å². The number of benzene rings is 3. The summed E-state index contributed by atoms with van der Waals surface area (Å²) in [4.78, 5) is 14.8. The molecule has 5 heteroatoms. The lowest BCUT2D eigenvalue weighted by Gasteiger charge is -2.24. The maximum Gasteiger partial charge on any atom is 0.326 e. The van der Waals surface area contributed by atoms with Crippen molar-refractivity contribution < 1.29 is 9.53 Å². The second kappa shape index (κ2) is 9.94. The monoisotopic (exact) mass is 397 g/mol. The summed E-state index contributed by atoms with van der Waals surface area (Å²) in [6.07, 6.45) is 2.06. The van der Waals surface area contributed by atoms with Gasteiger partial charge < -0.3 is 10.1 Å². The SMILES string of the molecule is COc1ccc(N(C/C(C)=C/c2ccccc2)C(=O)Nc2cccc(C#N)c2)cc1. The van der Waals surface area contributed by atoms with Crippen molar-refractivity contribution in [3.63, 3.8) is 0 Å². The highest BCUT2D eigenvalue weighted by molar-refractivity contribution is 6.02. The summed E-state index contributed by atoms with van der Waals surface area (Å²) in [7, 11) is 1.61. The molecule has 0 atom stereocenters. The Morgan fingerprint density at radius 2 is 1.80 bits per heavy atom. The summed E-state index contributed by atoms with van der Waals surface area (Å²) in [5.41, 5.74) is 3.90. The van der Waals surface area contributed by atoms with Crippen LogP contribution >= 0.6 is 0 Å². The van der Waals surface area contributed by atoms with Crippen molar-refractivity contribution in [2.24, 2.45) is 0 Å². The normalized spacial score (nSPS) is 10.8. The minimum atomic E-state index is -0.281. The molecule has 0 unspecified atom stereocenters. The molecule has 0 radical (unpaired) electrons. The second-order valence-corrected chi connectivity index (χ2v) is 6.81. The van der Waals surface area contributed by atoms with E-state index in [1.54, 1.807) is 36.3 Å². The first-order chi connectivity index (χ1) is 14.6. The van der Waals surface area contributed by atoms with Crippen LogP contribution in [0.5, 0.6) is 5.75 Å². The lowest BCUT2D eigenvalue weighted by molar-refractivity contribution is 0.257. The lowest BCUT2D eigenvalue weighted by atomic mass is 10.1. The number of methoxy groups -OCH3 is 1. The molecule has 0 aromatic heterocycles. The molecule has 2 amide bonds. The van der Waals surface area contributed by atoms with Crippen LogP contribution in [0.25, 0.3) is 6.08 Å². The average Bonchev–Trinajstić information content (AvgIpc) is 2.78. The molecule has 0 bridgehead atoms. The van der Waals surface area contributed by atoms with Gasteiger partial charge in [-0.1, -0.05) is 48.0 Å². The van der Waals surface area contributed by atoms with Crippen LogP contribution in [0.15, 0.2) is 84.4 Å². The molecule has 3 rings (SSSR count). The number of amides is 2. The lowest BCUT2D eigenvalue weighted by Crippen LogP contribution is -2.36. The van der Waals surface area contributed by atoms with Crippen molar-refractivity contribution in [3.05, 3.63) is 95.6 Å².